The maximum atomic E-state index is 13.3. The molecule has 0 saturated carbocycles. The number of phenolic OH excluding ortho intramolecular Hbond substituents is 1. The molecule has 178 valence electrons. The first-order valence-electron chi connectivity index (χ1n) is 11.3. The van der Waals surface area contributed by atoms with Gasteiger partial charge in [-0.15, -0.1) is 0 Å². The highest BCUT2D eigenvalue weighted by Crippen LogP contribution is 2.41. The number of anilines is 1. The predicted octanol–water partition coefficient (Wildman–Crippen LogP) is 7.05. The van der Waals surface area contributed by atoms with Gasteiger partial charge < -0.3 is 19.8 Å². The maximum Gasteiger partial charge on any atom is 0.359 e. The van der Waals surface area contributed by atoms with E-state index in [2.05, 4.69) is 6.92 Å². The van der Waals surface area contributed by atoms with Crippen LogP contribution in [-0.2, 0) is 16.0 Å². The van der Waals surface area contributed by atoms with Crippen LogP contribution in [0.5, 0.6) is 5.75 Å². The van der Waals surface area contributed by atoms with E-state index < -0.39 is 11.6 Å². The number of benzene rings is 2. The number of aryl methyl sites for hydroxylation is 1. The van der Waals surface area contributed by atoms with Crippen molar-refractivity contribution in [2.75, 3.05) is 11.4 Å². The third-order valence-corrected chi connectivity index (χ3v) is 6.66. The van der Waals surface area contributed by atoms with Gasteiger partial charge in [0, 0.05) is 28.7 Å². The van der Waals surface area contributed by atoms with E-state index in [1.54, 1.807) is 35.2 Å². The molecule has 0 aromatic heterocycles. The highest BCUT2D eigenvalue weighted by molar-refractivity contribution is 6.35. The van der Waals surface area contributed by atoms with E-state index in [1.807, 2.05) is 26.0 Å². The summed E-state index contributed by atoms with van der Waals surface area (Å²) in [6.45, 7) is 6.56. The number of nitrogens with zero attached hydrogens (tertiary/aromatic N) is 1. The molecule has 1 unspecified atom stereocenters. The van der Waals surface area contributed by atoms with Crippen LogP contribution in [0.25, 0.3) is 0 Å². The van der Waals surface area contributed by atoms with Gasteiger partial charge in [-0.1, -0.05) is 62.5 Å². The highest BCUT2D eigenvalue weighted by Gasteiger charge is 2.45. The van der Waals surface area contributed by atoms with Gasteiger partial charge >= 0.3 is 5.97 Å². The number of halogens is 2. The summed E-state index contributed by atoms with van der Waals surface area (Å²) in [4.78, 5) is 15.1. The van der Waals surface area contributed by atoms with Crippen LogP contribution in [0.4, 0.5) is 5.69 Å². The third-order valence-electron chi connectivity index (χ3n) is 6.22. The Morgan fingerprint density at radius 1 is 1.09 bits per heavy atom. The summed E-state index contributed by atoms with van der Waals surface area (Å²) in [5.74, 6) is -0.338. The number of esters is 1. The van der Waals surface area contributed by atoms with E-state index in [0.29, 0.717) is 35.1 Å². The highest BCUT2D eigenvalue weighted by atomic mass is 35.5. The summed E-state index contributed by atoms with van der Waals surface area (Å²) in [6, 6.07) is 12.1. The van der Waals surface area contributed by atoms with Gasteiger partial charge in [-0.2, -0.15) is 0 Å². The minimum Gasteiger partial charge on any atom is -0.510 e. The summed E-state index contributed by atoms with van der Waals surface area (Å²) in [7, 11) is 0. The second kappa shape index (κ2) is 10.7. The molecule has 2 aromatic rings. The standard InChI is InChI=1S/C26H31Cl2NO4/c1-4-5-12-29(21-14-19(27)13-20(28)15-21)24-23(31)16-26(17(2)3,33-25(24)32)11-10-18-6-8-22(30)9-7-18/h6-9,13-15,17,30-31H,4-5,10-12,16H2,1-3H3. The number of hydrogen-bond acceptors (Lipinski definition) is 5. The molecule has 0 fully saturated rings. The monoisotopic (exact) mass is 491 g/mol. The number of carbonyl (C=O) groups is 1. The van der Waals surface area contributed by atoms with Crippen molar-refractivity contribution in [3.8, 4) is 5.75 Å². The lowest BCUT2D eigenvalue weighted by molar-refractivity contribution is -0.166. The Balaban J connectivity index is 1.93. The Hall–Kier alpha value is -2.37. The van der Waals surface area contributed by atoms with Crippen LogP contribution < -0.4 is 4.90 Å². The number of unbranched alkanes of at least 4 members (excludes halogenated alkanes) is 1. The molecule has 1 aliphatic heterocycles. The van der Waals surface area contributed by atoms with E-state index in [9.17, 15) is 15.0 Å². The Kier molecular flexibility index (Phi) is 8.19. The summed E-state index contributed by atoms with van der Waals surface area (Å²) in [5, 5.41) is 21.6. The Morgan fingerprint density at radius 3 is 2.27 bits per heavy atom. The number of hydrogen-bond donors (Lipinski definition) is 2. The fourth-order valence-electron chi connectivity index (χ4n) is 4.17. The van der Waals surface area contributed by atoms with Crippen molar-refractivity contribution in [3.63, 3.8) is 0 Å². The third kappa shape index (κ3) is 5.96. The molecule has 3 rings (SSSR count). The van der Waals surface area contributed by atoms with Crippen molar-refractivity contribution in [3.05, 3.63) is 69.5 Å². The van der Waals surface area contributed by atoms with Crippen LogP contribution in [0.1, 0.15) is 52.0 Å². The molecule has 1 heterocycles. The van der Waals surface area contributed by atoms with Crippen LogP contribution in [0.3, 0.4) is 0 Å². The van der Waals surface area contributed by atoms with Crippen molar-refractivity contribution < 1.29 is 19.7 Å². The van der Waals surface area contributed by atoms with Gasteiger partial charge in [0.15, 0.2) is 5.70 Å². The molecule has 0 amide bonds. The lowest BCUT2D eigenvalue weighted by Crippen LogP contribution is -2.48. The zero-order valence-corrected chi connectivity index (χ0v) is 20.8. The van der Waals surface area contributed by atoms with Crippen LogP contribution >= 0.6 is 23.2 Å². The molecule has 1 atom stereocenters. The Labute approximate surface area is 205 Å². The van der Waals surface area contributed by atoms with E-state index in [1.165, 1.54) is 0 Å². The minimum absolute atomic E-state index is 0.00743. The zero-order valence-electron chi connectivity index (χ0n) is 19.3. The number of carbonyl (C=O) groups excluding carboxylic acids is 1. The van der Waals surface area contributed by atoms with E-state index in [-0.39, 0.29) is 29.5 Å². The second-order valence-electron chi connectivity index (χ2n) is 8.88. The fraction of sp³-hybridized carbons (Fsp3) is 0.423. The molecular weight excluding hydrogens is 461 g/mol. The maximum absolute atomic E-state index is 13.3. The lowest BCUT2D eigenvalue weighted by atomic mass is 9.79. The minimum atomic E-state index is -0.828. The number of cyclic esters (lactones) is 1. The molecule has 2 N–H and O–H groups in total. The van der Waals surface area contributed by atoms with Crippen molar-refractivity contribution in [1.82, 2.24) is 0 Å². The van der Waals surface area contributed by atoms with Crippen LogP contribution in [-0.4, -0.2) is 28.3 Å². The second-order valence-corrected chi connectivity index (χ2v) is 9.75. The van der Waals surface area contributed by atoms with Gasteiger partial charge in [-0.05, 0) is 61.1 Å². The first-order chi connectivity index (χ1) is 15.6. The average Bonchev–Trinajstić information content (AvgIpc) is 2.74. The number of aliphatic hydroxyl groups excluding tert-OH is 1. The Bertz CT molecular complexity index is 999. The zero-order chi connectivity index (χ0) is 24.2. The average molecular weight is 492 g/mol. The molecule has 5 nitrogen and oxygen atoms in total. The molecule has 0 spiro atoms. The smallest absolute Gasteiger partial charge is 0.359 e. The van der Waals surface area contributed by atoms with E-state index in [4.69, 9.17) is 27.9 Å². The summed E-state index contributed by atoms with van der Waals surface area (Å²) >= 11 is 12.4. The summed E-state index contributed by atoms with van der Waals surface area (Å²) in [6.07, 6.45) is 3.15. The summed E-state index contributed by atoms with van der Waals surface area (Å²) in [5.41, 5.74) is 0.977. The van der Waals surface area contributed by atoms with Crippen LogP contribution in [0.2, 0.25) is 10.0 Å². The molecular formula is C26H31Cl2NO4. The molecule has 0 aliphatic carbocycles. The molecule has 0 radical (unpaired) electrons. The van der Waals surface area contributed by atoms with Gasteiger partial charge in [0.25, 0.3) is 0 Å². The van der Waals surface area contributed by atoms with Crippen molar-refractivity contribution in [2.24, 2.45) is 5.92 Å². The predicted molar refractivity (Wildman–Crippen MR) is 133 cm³/mol. The first kappa shape index (κ1) is 25.3. The topological polar surface area (TPSA) is 70.0 Å². The normalized spacial score (nSPS) is 18.5. The number of aliphatic hydroxyl groups is 1. The molecule has 0 bridgehead atoms. The van der Waals surface area contributed by atoms with Crippen molar-refractivity contribution in [1.29, 1.82) is 0 Å². The van der Waals surface area contributed by atoms with Crippen LogP contribution in [0, 0.1) is 5.92 Å². The number of rotatable bonds is 9. The summed E-state index contributed by atoms with van der Waals surface area (Å²) < 4.78 is 6.09. The lowest BCUT2D eigenvalue weighted by Gasteiger charge is -2.42. The molecule has 2 aromatic carbocycles. The largest absolute Gasteiger partial charge is 0.510 e. The number of aromatic hydroxyl groups is 1. The SMILES string of the molecule is CCCCN(C1=C(O)CC(CCc2ccc(O)cc2)(C(C)C)OC1=O)c1cc(Cl)cc(Cl)c1. The number of ether oxygens (including phenoxy) is 1. The molecule has 1 aliphatic rings. The van der Waals surface area contributed by atoms with Crippen LogP contribution in [0.15, 0.2) is 53.9 Å². The van der Waals surface area contributed by atoms with E-state index >= 15 is 0 Å². The molecule has 0 saturated heterocycles. The van der Waals surface area contributed by atoms with Gasteiger partial charge in [-0.3, -0.25) is 0 Å². The fourth-order valence-corrected chi connectivity index (χ4v) is 4.68. The van der Waals surface area contributed by atoms with Crippen molar-refractivity contribution >= 4 is 34.9 Å². The van der Waals surface area contributed by atoms with Gasteiger partial charge in [0.1, 0.15) is 17.1 Å². The van der Waals surface area contributed by atoms with Crippen molar-refractivity contribution in [2.45, 2.75) is 58.5 Å². The quantitative estimate of drug-likeness (QED) is 0.367. The van der Waals surface area contributed by atoms with E-state index in [0.717, 1.165) is 18.4 Å². The van der Waals surface area contributed by atoms with Gasteiger partial charge in [0.2, 0.25) is 0 Å². The Morgan fingerprint density at radius 2 is 1.73 bits per heavy atom. The van der Waals surface area contributed by atoms with Gasteiger partial charge in [-0.25, -0.2) is 4.79 Å². The molecule has 7 heteroatoms. The first-order valence-corrected chi connectivity index (χ1v) is 12.1. The van der Waals surface area contributed by atoms with Gasteiger partial charge in [0.05, 0.1) is 0 Å². The molecule has 33 heavy (non-hydrogen) atoms. The number of phenols is 1.